The largest absolute Gasteiger partial charge is 0.378 e. The van der Waals surface area contributed by atoms with Gasteiger partial charge in [-0.2, -0.15) is 0 Å². The second-order valence-corrected chi connectivity index (χ2v) is 6.92. The predicted octanol–water partition coefficient (Wildman–Crippen LogP) is 1.69. The lowest BCUT2D eigenvalue weighted by atomic mass is 10.2. The highest BCUT2D eigenvalue weighted by atomic mass is 16.5. The van der Waals surface area contributed by atoms with Gasteiger partial charge in [0.2, 0.25) is 5.95 Å². The fourth-order valence-corrected chi connectivity index (χ4v) is 3.29. The van der Waals surface area contributed by atoms with Crippen molar-refractivity contribution in [3.63, 3.8) is 0 Å². The monoisotopic (exact) mass is 392 g/mol. The van der Waals surface area contributed by atoms with Crippen LogP contribution in [0.4, 0.5) is 5.95 Å². The van der Waals surface area contributed by atoms with E-state index in [4.69, 9.17) is 4.74 Å². The van der Waals surface area contributed by atoms with E-state index in [-0.39, 0.29) is 5.91 Å². The number of carbonyl (C=O) groups excluding carboxylic acids is 1. The number of aromatic nitrogens is 4. The second kappa shape index (κ2) is 8.83. The van der Waals surface area contributed by atoms with Gasteiger partial charge in [0.1, 0.15) is 5.69 Å². The maximum Gasteiger partial charge on any atom is 0.267 e. The molecule has 3 aromatic rings. The Hall–Kier alpha value is -3.26. The van der Waals surface area contributed by atoms with Crippen LogP contribution < -0.4 is 10.2 Å². The molecule has 8 heteroatoms. The molecule has 8 nitrogen and oxygen atoms in total. The highest BCUT2D eigenvalue weighted by Gasteiger charge is 2.16. The van der Waals surface area contributed by atoms with Crippen molar-refractivity contribution in [1.82, 2.24) is 24.8 Å². The number of carbonyl (C=O) groups is 1. The zero-order chi connectivity index (χ0) is 20.1. The van der Waals surface area contributed by atoms with Crippen molar-refractivity contribution in [2.45, 2.75) is 6.42 Å². The molecule has 29 heavy (non-hydrogen) atoms. The Labute approximate surface area is 169 Å². The molecule has 0 radical (unpaired) electrons. The summed E-state index contributed by atoms with van der Waals surface area (Å²) in [7, 11) is 1.86. The van der Waals surface area contributed by atoms with Crippen LogP contribution in [0.3, 0.4) is 0 Å². The highest BCUT2D eigenvalue weighted by molar-refractivity contribution is 5.94. The summed E-state index contributed by atoms with van der Waals surface area (Å²) in [6.45, 7) is 3.53. The number of rotatable bonds is 6. The molecule has 150 valence electrons. The van der Waals surface area contributed by atoms with Gasteiger partial charge in [-0.1, -0.05) is 6.07 Å². The fourth-order valence-electron chi connectivity index (χ4n) is 3.29. The van der Waals surface area contributed by atoms with Crippen molar-refractivity contribution >= 4 is 11.9 Å². The SMILES string of the molecule is Cn1cc(-c2cnc(N3CCOCC3)nc2)cc1C(=O)NCCc1ccccn1. The van der Waals surface area contributed by atoms with Crippen LogP contribution in [0, 0.1) is 0 Å². The standard InChI is InChI=1S/C21H24N6O2/c1-26-15-16(17-13-24-21(25-14-17)27-8-10-29-11-9-27)12-19(26)20(28)23-7-5-18-4-2-3-6-22-18/h2-4,6,12-15H,5,7-11H2,1H3,(H,23,28). The molecule has 0 atom stereocenters. The second-order valence-electron chi connectivity index (χ2n) is 6.92. The Balaban J connectivity index is 1.39. The molecule has 0 saturated carbocycles. The molecule has 1 aliphatic heterocycles. The average Bonchev–Trinajstić information content (AvgIpc) is 3.17. The lowest BCUT2D eigenvalue weighted by Crippen LogP contribution is -2.37. The highest BCUT2D eigenvalue weighted by Crippen LogP contribution is 2.22. The third-order valence-corrected chi connectivity index (χ3v) is 4.90. The average molecular weight is 392 g/mol. The summed E-state index contributed by atoms with van der Waals surface area (Å²) in [5.74, 6) is 0.598. The number of ether oxygens (including phenoxy) is 1. The van der Waals surface area contributed by atoms with Crippen molar-refractivity contribution in [1.29, 1.82) is 0 Å². The van der Waals surface area contributed by atoms with Crippen LogP contribution in [-0.2, 0) is 18.2 Å². The minimum absolute atomic E-state index is 0.111. The first-order chi connectivity index (χ1) is 14.2. The Bertz CT molecular complexity index is 949. The van der Waals surface area contributed by atoms with Crippen LogP contribution in [0.2, 0.25) is 0 Å². The van der Waals surface area contributed by atoms with Gasteiger partial charge in [0.05, 0.1) is 13.2 Å². The molecule has 4 heterocycles. The summed E-state index contributed by atoms with van der Waals surface area (Å²) in [5.41, 5.74) is 3.34. The summed E-state index contributed by atoms with van der Waals surface area (Å²) in [5, 5.41) is 2.96. The quantitative estimate of drug-likeness (QED) is 0.687. The molecule has 1 N–H and O–H groups in total. The van der Waals surface area contributed by atoms with Crippen LogP contribution in [0.15, 0.2) is 49.1 Å². The Morgan fingerprint density at radius 3 is 2.66 bits per heavy atom. The number of aryl methyl sites for hydroxylation is 1. The Morgan fingerprint density at radius 2 is 1.93 bits per heavy atom. The van der Waals surface area contributed by atoms with Gasteiger partial charge in [0.25, 0.3) is 5.91 Å². The summed E-state index contributed by atoms with van der Waals surface area (Å²) >= 11 is 0. The third-order valence-electron chi connectivity index (χ3n) is 4.90. The molecule has 0 aromatic carbocycles. The summed E-state index contributed by atoms with van der Waals surface area (Å²) < 4.78 is 7.19. The van der Waals surface area contributed by atoms with Crippen molar-refractivity contribution in [2.24, 2.45) is 7.05 Å². The van der Waals surface area contributed by atoms with E-state index >= 15 is 0 Å². The molecule has 0 spiro atoms. The van der Waals surface area contributed by atoms with E-state index < -0.39 is 0 Å². The molecule has 1 aliphatic rings. The zero-order valence-corrected chi connectivity index (χ0v) is 16.4. The predicted molar refractivity (Wildman–Crippen MR) is 110 cm³/mol. The van der Waals surface area contributed by atoms with E-state index in [1.807, 2.05) is 42.1 Å². The third kappa shape index (κ3) is 4.60. The topological polar surface area (TPSA) is 85.2 Å². The van der Waals surface area contributed by atoms with Gasteiger partial charge in [-0.3, -0.25) is 9.78 Å². The van der Waals surface area contributed by atoms with Gasteiger partial charge in [-0.05, 0) is 18.2 Å². The number of nitrogens with zero attached hydrogens (tertiary/aromatic N) is 5. The first kappa shape index (κ1) is 19.1. The fraction of sp³-hybridized carbons (Fsp3) is 0.333. The zero-order valence-electron chi connectivity index (χ0n) is 16.4. The molecule has 1 amide bonds. The van der Waals surface area contributed by atoms with Crippen molar-refractivity contribution < 1.29 is 9.53 Å². The summed E-state index contributed by atoms with van der Waals surface area (Å²) in [6, 6.07) is 7.64. The van der Waals surface area contributed by atoms with Crippen LogP contribution in [0.5, 0.6) is 0 Å². The Morgan fingerprint density at radius 1 is 1.14 bits per heavy atom. The Kier molecular flexibility index (Phi) is 5.81. The van der Waals surface area contributed by atoms with E-state index in [0.29, 0.717) is 37.8 Å². The minimum Gasteiger partial charge on any atom is -0.378 e. The van der Waals surface area contributed by atoms with Gasteiger partial charge in [0.15, 0.2) is 0 Å². The number of amides is 1. The van der Waals surface area contributed by atoms with Crippen LogP contribution >= 0.6 is 0 Å². The molecule has 4 rings (SSSR count). The van der Waals surface area contributed by atoms with Crippen molar-refractivity contribution in [3.05, 3.63) is 60.4 Å². The van der Waals surface area contributed by atoms with Crippen LogP contribution in [0.1, 0.15) is 16.2 Å². The molecular weight excluding hydrogens is 368 g/mol. The first-order valence-electron chi connectivity index (χ1n) is 9.70. The van der Waals surface area contributed by atoms with Gasteiger partial charge in [-0.15, -0.1) is 0 Å². The van der Waals surface area contributed by atoms with Gasteiger partial charge < -0.3 is 19.5 Å². The number of morpholine rings is 1. The molecule has 0 bridgehead atoms. The first-order valence-corrected chi connectivity index (χ1v) is 9.70. The molecule has 3 aromatic heterocycles. The lowest BCUT2D eigenvalue weighted by molar-refractivity contribution is 0.0946. The lowest BCUT2D eigenvalue weighted by Gasteiger charge is -2.26. The van der Waals surface area contributed by atoms with E-state index in [9.17, 15) is 4.79 Å². The maximum absolute atomic E-state index is 12.6. The molecule has 1 fully saturated rings. The minimum atomic E-state index is -0.111. The number of pyridine rings is 1. The van der Waals surface area contributed by atoms with E-state index in [2.05, 4.69) is 25.2 Å². The number of nitrogens with one attached hydrogen (secondary N) is 1. The number of hydrogen-bond acceptors (Lipinski definition) is 6. The molecule has 0 aliphatic carbocycles. The summed E-state index contributed by atoms with van der Waals surface area (Å²) in [6.07, 6.45) is 7.97. The molecule has 1 saturated heterocycles. The van der Waals surface area contributed by atoms with Crippen molar-refractivity contribution in [3.8, 4) is 11.1 Å². The summed E-state index contributed by atoms with van der Waals surface area (Å²) in [4.78, 5) is 27.9. The normalized spacial score (nSPS) is 14.0. The van der Waals surface area contributed by atoms with E-state index in [0.717, 1.165) is 29.9 Å². The van der Waals surface area contributed by atoms with Gasteiger partial charge >= 0.3 is 0 Å². The number of anilines is 1. The van der Waals surface area contributed by atoms with Gasteiger partial charge in [0, 0.05) is 74.7 Å². The van der Waals surface area contributed by atoms with Gasteiger partial charge in [-0.25, -0.2) is 9.97 Å². The van der Waals surface area contributed by atoms with Crippen molar-refractivity contribution in [2.75, 3.05) is 37.7 Å². The number of hydrogen-bond donors (Lipinski definition) is 1. The maximum atomic E-state index is 12.6. The molecular formula is C21H24N6O2. The van der Waals surface area contributed by atoms with Crippen LogP contribution in [-0.4, -0.2) is 58.3 Å². The van der Waals surface area contributed by atoms with E-state index in [1.54, 1.807) is 18.6 Å². The smallest absolute Gasteiger partial charge is 0.267 e. The van der Waals surface area contributed by atoms with E-state index in [1.165, 1.54) is 0 Å². The molecule has 0 unspecified atom stereocenters. The van der Waals surface area contributed by atoms with Crippen LogP contribution in [0.25, 0.3) is 11.1 Å².